The molecular weight excluding hydrogens is 345 g/mol. The maximum Gasteiger partial charge on any atom is 0.419 e. The van der Waals surface area contributed by atoms with Crippen LogP contribution in [0.5, 0.6) is 0 Å². The summed E-state index contributed by atoms with van der Waals surface area (Å²) in [5, 5.41) is 3.97. The summed E-state index contributed by atoms with van der Waals surface area (Å²) in [4.78, 5) is 7.92. The van der Waals surface area contributed by atoms with Crippen LogP contribution in [0.2, 0.25) is 0 Å². The highest BCUT2D eigenvalue weighted by atomic mass is 19.4. The number of anilines is 1. The molecule has 0 aliphatic carbocycles. The summed E-state index contributed by atoms with van der Waals surface area (Å²) in [5.74, 6) is 0.784. The standard InChI is InChI=1S/C18H23F3N4O/c1-12-15(13(2)26-23-12)11-25-9-5-6-14(10-25)24(3)17-16(18(19,20)21)7-4-8-22-17/h4,7-8,14H,5-6,9-11H2,1-3H3. The molecule has 2 aromatic heterocycles. The number of piperidine rings is 1. The highest BCUT2D eigenvalue weighted by molar-refractivity contribution is 5.48. The van der Waals surface area contributed by atoms with Gasteiger partial charge in [-0.25, -0.2) is 4.98 Å². The average Bonchev–Trinajstić information content (AvgIpc) is 2.92. The van der Waals surface area contributed by atoms with E-state index in [-0.39, 0.29) is 11.9 Å². The zero-order chi connectivity index (χ0) is 18.9. The van der Waals surface area contributed by atoms with Crippen molar-refractivity contribution in [2.75, 3.05) is 25.0 Å². The molecule has 0 radical (unpaired) electrons. The molecule has 0 N–H and O–H groups in total. The molecule has 1 fully saturated rings. The number of likely N-dealkylation sites (tertiary alicyclic amines) is 1. The second-order valence-corrected chi connectivity index (χ2v) is 6.82. The van der Waals surface area contributed by atoms with Crippen LogP contribution in [0.1, 0.15) is 35.4 Å². The minimum atomic E-state index is -4.41. The molecule has 1 unspecified atom stereocenters. The van der Waals surface area contributed by atoms with Crippen molar-refractivity contribution >= 4 is 5.82 Å². The number of nitrogens with zero attached hydrogens (tertiary/aromatic N) is 4. The van der Waals surface area contributed by atoms with E-state index in [0.717, 1.165) is 42.5 Å². The number of aromatic nitrogens is 2. The third kappa shape index (κ3) is 3.85. The number of hydrogen-bond acceptors (Lipinski definition) is 5. The molecule has 2 aromatic rings. The lowest BCUT2D eigenvalue weighted by atomic mass is 10.0. The largest absolute Gasteiger partial charge is 0.419 e. The van der Waals surface area contributed by atoms with Crippen LogP contribution in [0, 0.1) is 13.8 Å². The molecule has 0 saturated carbocycles. The highest BCUT2D eigenvalue weighted by Crippen LogP contribution is 2.36. The van der Waals surface area contributed by atoms with Gasteiger partial charge in [-0.1, -0.05) is 5.16 Å². The Labute approximate surface area is 150 Å². The van der Waals surface area contributed by atoms with Gasteiger partial charge in [-0.05, 0) is 45.4 Å². The maximum absolute atomic E-state index is 13.3. The number of likely N-dealkylation sites (N-methyl/N-ethyl adjacent to an activating group) is 1. The molecule has 1 aliphatic rings. The number of hydrogen-bond donors (Lipinski definition) is 0. The fourth-order valence-electron chi connectivity index (χ4n) is 3.51. The number of pyridine rings is 1. The van der Waals surface area contributed by atoms with E-state index in [0.29, 0.717) is 13.1 Å². The molecule has 3 heterocycles. The van der Waals surface area contributed by atoms with Crippen LogP contribution < -0.4 is 4.90 Å². The molecule has 142 valence electrons. The second kappa shape index (κ2) is 7.26. The predicted molar refractivity (Wildman–Crippen MR) is 91.9 cm³/mol. The summed E-state index contributed by atoms with van der Waals surface area (Å²) in [5.41, 5.74) is 1.23. The molecule has 0 spiro atoms. The quantitative estimate of drug-likeness (QED) is 0.821. The van der Waals surface area contributed by atoms with E-state index in [1.54, 1.807) is 11.9 Å². The van der Waals surface area contributed by atoms with Crippen molar-refractivity contribution in [2.24, 2.45) is 0 Å². The summed E-state index contributed by atoms with van der Waals surface area (Å²) in [7, 11) is 1.70. The fourth-order valence-corrected chi connectivity index (χ4v) is 3.51. The van der Waals surface area contributed by atoms with Gasteiger partial charge in [0.05, 0.1) is 11.3 Å². The summed E-state index contributed by atoms with van der Waals surface area (Å²) in [6.45, 7) is 6.06. The number of aryl methyl sites for hydroxylation is 2. The van der Waals surface area contributed by atoms with Crippen molar-refractivity contribution in [1.29, 1.82) is 0 Å². The Morgan fingerprint density at radius 2 is 2.12 bits per heavy atom. The second-order valence-electron chi connectivity index (χ2n) is 6.82. The lowest BCUT2D eigenvalue weighted by molar-refractivity contribution is -0.137. The van der Waals surface area contributed by atoms with Crippen LogP contribution in [-0.4, -0.2) is 41.2 Å². The molecule has 5 nitrogen and oxygen atoms in total. The molecule has 8 heteroatoms. The Kier molecular flexibility index (Phi) is 5.22. The molecule has 1 aliphatic heterocycles. The smallest absolute Gasteiger partial charge is 0.361 e. The van der Waals surface area contributed by atoms with Crippen LogP contribution >= 0.6 is 0 Å². The first-order valence-corrected chi connectivity index (χ1v) is 8.66. The van der Waals surface area contributed by atoms with Crippen molar-refractivity contribution in [3.8, 4) is 0 Å². The van der Waals surface area contributed by atoms with Crippen LogP contribution in [0.4, 0.5) is 19.0 Å². The highest BCUT2D eigenvalue weighted by Gasteiger charge is 2.36. The Hall–Kier alpha value is -2.09. The SMILES string of the molecule is Cc1noc(C)c1CN1CCCC(N(C)c2ncccc2C(F)(F)F)C1. The number of halogens is 3. The van der Waals surface area contributed by atoms with Crippen molar-refractivity contribution < 1.29 is 17.7 Å². The molecule has 0 bridgehead atoms. The summed E-state index contributed by atoms with van der Waals surface area (Å²) in [6, 6.07) is 2.38. The van der Waals surface area contributed by atoms with Gasteiger partial charge in [-0.3, -0.25) is 4.90 Å². The first-order chi connectivity index (χ1) is 12.3. The van der Waals surface area contributed by atoms with Gasteiger partial charge < -0.3 is 9.42 Å². The number of alkyl halides is 3. The Balaban J connectivity index is 1.76. The van der Waals surface area contributed by atoms with Crippen LogP contribution in [0.15, 0.2) is 22.9 Å². The average molecular weight is 368 g/mol. The predicted octanol–water partition coefficient (Wildman–Crippen LogP) is 3.81. The monoisotopic (exact) mass is 368 g/mol. The Morgan fingerprint density at radius 1 is 1.35 bits per heavy atom. The summed E-state index contributed by atoms with van der Waals surface area (Å²) in [6.07, 6.45) is -1.25. The van der Waals surface area contributed by atoms with E-state index in [1.807, 2.05) is 13.8 Å². The maximum atomic E-state index is 13.3. The van der Waals surface area contributed by atoms with E-state index in [4.69, 9.17) is 4.52 Å². The summed E-state index contributed by atoms with van der Waals surface area (Å²) >= 11 is 0. The zero-order valence-electron chi connectivity index (χ0n) is 15.2. The van der Waals surface area contributed by atoms with Crippen molar-refractivity contribution in [1.82, 2.24) is 15.0 Å². The van der Waals surface area contributed by atoms with Crippen molar-refractivity contribution in [2.45, 2.75) is 45.5 Å². The van der Waals surface area contributed by atoms with Crippen LogP contribution in [0.25, 0.3) is 0 Å². The lowest BCUT2D eigenvalue weighted by Gasteiger charge is -2.38. The van der Waals surface area contributed by atoms with Crippen LogP contribution in [-0.2, 0) is 12.7 Å². The summed E-state index contributed by atoms with van der Waals surface area (Å²) < 4.78 is 45.1. The van der Waals surface area contributed by atoms with E-state index in [1.165, 1.54) is 12.3 Å². The van der Waals surface area contributed by atoms with Gasteiger partial charge in [0, 0.05) is 37.9 Å². The molecular formula is C18H23F3N4O. The van der Waals surface area contributed by atoms with Crippen LogP contribution in [0.3, 0.4) is 0 Å². The van der Waals surface area contributed by atoms with Gasteiger partial charge in [0.2, 0.25) is 0 Å². The van der Waals surface area contributed by atoms with Crippen molar-refractivity contribution in [3.63, 3.8) is 0 Å². The molecule has 3 rings (SSSR count). The minimum Gasteiger partial charge on any atom is -0.361 e. The Morgan fingerprint density at radius 3 is 2.77 bits per heavy atom. The third-order valence-electron chi connectivity index (χ3n) is 5.02. The minimum absolute atomic E-state index is 0.0100. The molecule has 0 aromatic carbocycles. The van der Waals surface area contributed by atoms with Gasteiger partial charge in [-0.15, -0.1) is 0 Å². The third-order valence-corrected chi connectivity index (χ3v) is 5.02. The number of rotatable bonds is 4. The topological polar surface area (TPSA) is 45.4 Å². The van der Waals surface area contributed by atoms with E-state index in [2.05, 4.69) is 15.0 Å². The van der Waals surface area contributed by atoms with E-state index < -0.39 is 11.7 Å². The first kappa shape index (κ1) is 18.7. The lowest BCUT2D eigenvalue weighted by Crippen LogP contribution is -2.47. The van der Waals surface area contributed by atoms with Gasteiger partial charge in [-0.2, -0.15) is 13.2 Å². The van der Waals surface area contributed by atoms with Crippen molar-refractivity contribution in [3.05, 3.63) is 40.9 Å². The fraction of sp³-hybridized carbons (Fsp3) is 0.556. The van der Waals surface area contributed by atoms with Gasteiger partial charge in [0.1, 0.15) is 11.6 Å². The molecule has 1 atom stereocenters. The molecule has 0 amide bonds. The Bertz CT molecular complexity index is 740. The van der Waals surface area contributed by atoms with Gasteiger partial charge in [0.25, 0.3) is 0 Å². The van der Waals surface area contributed by atoms with E-state index >= 15 is 0 Å². The zero-order valence-corrected chi connectivity index (χ0v) is 15.2. The first-order valence-electron chi connectivity index (χ1n) is 8.66. The van der Waals surface area contributed by atoms with Gasteiger partial charge in [0.15, 0.2) is 0 Å². The molecule has 26 heavy (non-hydrogen) atoms. The van der Waals surface area contributed by atoms with E-state index in [9.17, 15) is 13.2 Å². The normalized spacial score (nSPS) is 18.9. The van der Waals surface area contributed by atoms with Gasteiger partial charge >= 0.3 is 6.18 Å². The molecule has 1 saturated heterocycles.